The van der Waals surface area contributed by atoms with Gasteiger partial charge in [-0.3, -0.25) is 19.6 Å². The Kier molecular flexibility index (Phi) is 10.6. The number of morpholine rings is 1. The molecule has 4 heterocycles. The predicted molar refractivity (Wildman–Crippen MR) is 191 cm³/mol. The molecule has 6 rings (SSSR count). The smallest absolute Gasteiger partial charge is 0.271 e. The second-order valence-corrected chi connectivity index (χ2v) is 14.0. The maximum atomic E-state index is 12.9. The van der Waals surface area contributed by atoms with Gasteiger partial charge in [-0.15, -0.1) is 0 Å². The molecule has 48 heavy (non-hydrogen) atoms. The van der Waals surface area contributed by atoms with E-state index in [2.05, 4.69) is 81.0 Å². The van der Waals surface area contributed by atoms with Crippen LogP contribution in [0, 0.1) is 13.8 Å². The third-order valence-electron chi connectivity index (χ3n) is 10.1. The number of rotatable bonds is 9. The van der Waals surface area contributed by atoms with Crippen molar-refractivity contribution >= 4 is 40.4 Å². The molecule has 1 aliphatic carbocycles. The average molecular weight is 677 g/mol. The predicted octanol–water partition coefficient (Wildman–Crippen LogP) is 4.82. The van der Waals surface area contributed by atoms with Crippen LogP contribution in [-0.4, -0.2) is 106 Å². The van der Waals surface area contributed by atoms with E-state index >= 15 is 0 Å². The molecule has 0 bridgehead atoms. The summed E-state index contributed by atoms with van der Waals surface area (Å²) in [6, 6.07) is 3.69. The average Bonchev–Trinajstić information content (AvgIpc) is 3.59. The second kappa shape index (κ2) is 14.9. The van der Waals surface area contributed by atoms with Gasteiger partial charge < -0.3 is 26.0 Å². The van der Waals surface area contributed by atoms with E-state index in [9.17, 15) is 4.79 Å². The number of anilines is 4. The van der Waals surface area contributed by atoms with E-state index in [0.29, 0.717) is 42.8 Å². The van der Waals surface area contributed by atoms with Crippen molar-refractivity contribution < 1.29 is 9.53 Å². The van der Waals surface area contributed by atoms with Crippen molar-refractivity contribution in [2.24, 2.45) is 0 Å². The van der Waals surface area contributed by atoms with E-state index < -0.39 is 0 Å². The van der Waals surface area contributed by atoms with E-state index in [0.717, 1.165) is 60.8 Å². The van der Waals surface area contributed by atoms with Crippen molar-refractivity contribution in [1.82, 2.24) is 35.1 Å². The number of carbonyl (C=O) groups is 1. The molecular formula is C35H49ClN10O2. The summed E-state index contributed by atoms with van der Waals surface area (Å²) in [6.45, 7) is 16.5. The molecule has 12 nitrogen and oxygen atoms in total. The lowest BCUT2D eigenvalue weighted by atomic mass is 9.95. The second-order valence-electron chi connectivity index (χ2n) is 13.7. The third-order valence-corrected chi connectivity index (χ3v) is 10.4. The fourth-order valence-electron chi connectivity index (χ4n) is 7.90. The summed E-state index contributed by atoms with van der Waals surface area (Å²) in [7, 11) is 0. The Labute approximate surface area is 288 Å². The van der Waals surface area contributed by atoms with Crippen molar-refractivity contribution in [2.45, 2.75) is 84.5 Å². The highest BCUT2D eigenvalue weighted by atomic mass is 35.5. The fourth-order valence-corrected chi connectivity index (χ4v) is 8.03. The molecule has 2 saturated heterocycles. The van der Waals surface area contributed by atoms with Gasteiger partial charge in [0.1, 0.15) is 17.7 Å². The molecule has 4 N–H and O–H groups in total. The first-order valence-corrected chi connectivity index (χ1v) is 17.6. The number of hydrogen-bond acceptors (Lipinski definition) is 11. The monoisotopic (exact) mass is 676 g/mol. The Morgan fingerprint density at radius 3 is 2.48 bits per heavy atom. The third kappa shape index (κ3) is 7.36. The highest BCUT2D eigenvalue weighted by Crippen LogP contribution is 2.42. The minimum atomic E-state index is -0.238. The number of aryl methyl sites for hydroxylation is 1. The van der Waals surface area contributed by atoms with Crippen molar-refractivity contribution in [2.75, 3.05) is 61.8 Å². The molecule has 3 fully saturated rings. The molecule has 13 heteroatoms. The molecule has 1 amide bonds. The first-order chi connectivity index (χ1) is 23.1. The number of ether oxygens (including phenoxy) is 1. The molecule has 2 aromatic heterocycles. The lowest BCUT2D eigenvalue weighted by Crippen LogP contribution is -2.59. The first-order valence-electron chi connectivity index (χ1n) is 17.2. The van der Waals surface area contributed by atoms with Crippen LogP contribution in [-0.2, 0) is 4.74 Å². The molecule has 1 saturated carbocycles. The van der Waals surface area contributed by atoms with Crippen molar-refractivity contribution in [3.63, 3.8) is 0 Å². The lowest BCUT2D eigenvalue weighted by molar-refractivity contribution is -0.0175. The number of amides is 1. The van der Waals surface area contributed by atoms with Gasteiger partial charge in [-0.1, -0.05) is 24.4 Å². The minimum Gasteiger partial charge on any atom is -0.393 e. The van der Waals surface area contributed by atoms with Gasteiger partial charge in [-0.25, -0.2) is 15.0 Å². The molecule has 3 atom stereocenters. The normalized spacial score (nSPS) is 22.6. The number of nitrogens with two attached hydrogens (primary N) is 1. The van der Waals surface area contributed by atoms with Gasteiger partial charge >= 0.3 is 0 Å². The standard InChI is InChI=1S/C35H49ClN10O2/c1-21-14-29(45-17-22(2)46(23(3)18-45)26-8-6-7-9-26)32(43-34-31(37)33(36)41-20-42-34)25(5)30(21)27-15-40-28(16-39-27)35(47)38-10-11-44-12-13-48-24(4)19-44/h14-16,20,22-24,26H,6-13,17-19,37H2,1-5H3,(H,38,47)(H,41,42,43)/t22-,23+,24-/m0/s1. The number of aromatic nitrogens is 4. The van der Waals surface area contributed by atoms with Crippen LogP contribution in [0.3, 0.4) is 0 Å². The number of piperazine rings is 1. The fraction of sp³-hybridized carbons (Fsp3) is 0.571. The van der Waals surface area contributed by atoms with Crippen LogP contribution < -0.4 is 21.3 Å². The summed E-state index contributed by atoms with van der Waals surface area (Å²) in [6.07, 6.45) is 10.1. The number of nitrogens with zero attached hydrogens (tertiary/aromatic N) is 7. The summed E-state index contributed by atoms with van der Waals surface area (Å²) in [5.41, 5.74) is 12.5. The highest BCUT2D eigenvalue weighted by Gasteiger charge is 2.36. The number of halogens is 1. The van der Waals surface area contributed by atoms with E-state index in [4.69, 9.17) is 27.1 Å². The topological polar surface area (TPSA) is 138 Å². The van der Waals surface area contributed by atoms with Gasteiger partial charge in [-0.05, 0) is 64.7 Å². The van der Waals surface area contributed by atoms with Crippen LogP contribution in [0.15, 0.2) is 24.8 Å². The van der Waals surface area contributed by atoms with Gasteiger partial charge in [0.15, 0.2) is 11.0 Å². The first kappa shape index (κ1) is 34.3. The Balaban J connectivity index is 1.26. The summed E-state index contributed by atoms with van der Waals surface area (Å²) < 4.78 is 5.61. The van der Waals surface area contributed by atoms with E-state index in [1.165, 1.54) is 32.0 Å². The Morgan fingerprint density at radius 2 is 1.79 bits per heavy atom. The van der Waals surface area contributed by atoms with E-state index in [1.54, 1.807) is 12.4 Å². The van der Waals surface area contributed by atoms with Crippen LogP contribution in [0.25, 0.3) is 11.3 Å². The van der Waals surface area contributed by atoms with Crippen LogP contribution in [0.1, 0.15) is 68.1 Å². The molecule has 3 aromatic rings. The number of carbonyl (C=O) groups excluding carboxylic acids is 1. The number of nitrogens with one attached hydrogen (secondary N) is 2. The molecule has 0 radical (unpaired) electrons. The number of nitrogen functional groups attached to an aromatic ring is 1. The quantitative estimate of drug-likeness (QED) is 0.269. The summed E-state index contributed by atoms with van der Waals surface area (Å²) in [4.78, 5) is 38.2. The maximum Gasteiger partial charge on any atom is 0.271 e. The van der Waals surface area contributed by atoms with Crippen LogP contribution in [0.4, 0.5) is 22.9 Å². The summed E-state index contributed by atoms with van der Waals surface area (Å²) in [5.74, 6) is 0.210. The zero-order valence-electron chi connectivity index (χ0n) is 28.8. The van der Waals surface area contributed by atoms with Gasteiger partial charge in [0, 0.05) is 63.0 Å². The molecule has 1 aromatic carbocycles. The summed E-state index contributed by atoms with van der Waals surface area (Å²) in [5, 5.41) is 6.71. The Bertz CT molecular complexity index is 1590. The number of hydrogen-bond donors (Lipinski definition) is 3. The van der Waals surface area contributed by atoms with E-state index in [1.807, 2.05) is 0 Å². The van der Waals surface area contributed by atoms with Gasteiger partial charge in [0.2, 0.25) is 0 Å². The molecule has 0 unspecified atom stereocenters. The highest BCUT2D eigenvalue weighted by molar-refractivity contribution is 6.32. The van der Waals surface area contributed by atoms with E-state index in [-0.39, 0.29) is 28.5 Å². The Morgan fingerprint density at radius 1 is 1.04 bits per heavy atom. The van der Waals surface area contributed by atoms with Gasteiger partial charge in [0.05, 0.1) is 42.2 Å². The SMILES string of the molecule is Cc1cc(N2C[C@@H](C)N(C3CCCC3)[C@@H](C)C2)c(Nc2ncnc(Cl)c2N)c(C)c1-c1cnc(C(=O)NCCN2CCO[C@@H](C)C2)cn1. The zero-order valence-corrected chi connectivity index (χ0v) is 29.6. The molecule has 2 aliphatic heterocycles. The minimum absolute atomic E-state index is 0.200. The molecule has 258 valence electrons. The maximum absolute atomic E-state index is 12.9. The lowest BCUT2D eigenvalue weighted by Gasteiger charge is -2.48. The molecule has 0 spiro atoms. The van der Waals surface area contributed by atoms with Gasteiger partial charge in [0.25, 0.3) is 5.91 Å². The van der Waals surface area contributed by atoms with Crippen LogP contribution in [0.2, 0.25) is 5.15 Å². The number of benzene rings is 1. The Hall–Kier alpha value is -3.58. The van der Waals surface area contributed by atoms with Gasteiger partial charge in [-0.2, -0.15) is 0 Å². The van der Waals surface area contributed by atoms with Crippen molar-refractivity contribution in [3.05, 3.63) is 46.8 Å². The largest absolute Gasteiger partial charge is 0.393 e. The van der Waals surface area contributed by atoms with Crippen LogP contribution >= 0.6 is 11.6 Å². The van der Waals surface area contributed by atoms with Crippen molar-refractivity contribution in [1.29, 1.82) is 0 Å². The van der Waals surface area contributed by atoms with Crippen molar-refractivity contribution in [3.8, 4) is 11.3 Å². The van der Waals surface area contributed by atoms with Crippen LogP contribution in [0.5, 0.6) is 0 Å². The summed E-state index contributed by atoms with van der Waals surface area (Å²) >= 11 is 6.30. The zero-order chi connectivity index (χ0) is 33.9. The molecule has 3 aliphatic rings. The molecular weight excluding hydrogens is 628 g/mol.